The van der Waals surface area contributed by atoms with Crippen LogP contribution in [-0.4, -0.2) is 37.1 Å². The van der Waals surface area contributed by atoms with Gasteiger partial charge >= 0.3 is 0 Å². The van der Waals surface area contributed by atoms with Crippen LogP contribution in [0.2, 0.25) is 0 Å². The highest BCUT2D eigenvalue weighted by Gasteiger charge is 2.31. The highest BCUT2D eigenvalue weighted by atomic mass is 127. The smallest absolute Gasteiger partial charge is 0.223 e. The zero-order valence-corrected chi connectivity index (χ0v) is 20.2. The number of ether oxygens (including phenoxy) is 1. The zero-order chi connectivity index (χ0) is 20.5. The summed E-state index contributed by atoms with van der Waals surface area (Å²) in [6.07, 6.45) is 7.99. The molecule has 0 aromatic heterocycles. The van der Waals surface area contributed by atoms with Crippen molar-refractivity contribution in [3.05, 3.63) is 42.5 Å². The van der Waals surface area contributed by atoms with Crippen molar-refractivity contribution in [1.82, 2.24) is 16.0 Å². The first-order chi connectivity index (χ1) is 14.2. The second-order valence-corrected chi connectivity index (χ2v) is 7.89. The number of hydrogen-bond acceptors (Lipinski definition) is 3. The molecule has 2 fully saturated rings. The predicted octanol–water partition coefficient (Wildman–Crippen LogP) is 3.76. The topological polar surface area (TPSA) is 74.8 Å². The van der Waals surface area contributed by atoms with Crippen molar-refractivity contribution >= 4 is 35.8 Å². The number of aliphatic imine (C=N–C) groups is 1. The lowest BCUT2D eigenvalue weighted by molar-refractivity contribution is -0.126. The van der Waals surface area contributed by atoms with Crippen molar-refractivity contribution in [2.24, 2.45) is 10.9 Å². The molecular weight excluding hydrogens is 491 g/mol. The maximum absolute atomic E-state index is 12.4. The second kappa shape index (κ2) is 12.8. The van der Waals surface area contributed by atoms with Crippen LogP contribution in [0.1, 0.15) is 51.0 Å². The Morgan fingerprint density at radius 3 is 2.73 bits per heavy atom. The standard InChI is InChI=1S/C23H34N4O2.HI/c1-3-14-29-21-11-6-5-8-18(21)16-25-23(24-4-2)27-20-10-7-9-17(15-20)22(28)26-19-12-13-19;/h3,5-6,8,11,17,19-20H,1,4,7,9-10,12-16H2,2H3,(H,26,28)(H2,24,25,27);1H. The van der Waals surface area contributed by atoms with Crippen molar-refractivity contribution in [1.29, 1.82) is 0 Å². The fourth-order valence-corrected chi connectivity index (χ4v) is 3.71. The Balaban J connectivity index is 0.00000320. The molecule has 2 saturated carbocycles. The monoisotopic (exact) mass is 526 g/mol. The average Bonchev–Trinajstić information content (AvgIpc) is 3.55. The molecule has 3 N–H and O–H groups in total. The van der Waals surface area contributed by atoms with Crippen molar-refractivity contribution in [3.8, 4) is 5.75 Å². The van der Waals surface area contributed by atoms with Gasteiger partial charge in [-0.25, -0.2) is 4.99 Å². The molecule has 0 saturated heterocycles. The molecule has 30 heavy (non-hydrogen) atoms. The quantitative estimate of drug-likeness (QED) is 0.198. The van der Waals surface area contributed by atoms with Gasteiger partial charge in [-0.1, -0.05) is 37.3 Å². The number of carbonyl (C=O) groups is 1. The maximum Gasteiger partial charge on any atom is 0.223 e. The third-order valence-corrected chi connectivity index (χ3v) is 5.39. The molecule has 2 aliphatic rings. The summed E-state index contributed by atoms with van der Waals surface area (Å²) in [5.74, 6) is 1.97. The van der Waals surface area contributed by atoms with Crippen LogP contribution in [0.5, 0.6) is 5.75 Å². The van der Waals surface area contributed by atoms with Crippen LogP contribution in [0, 0.1) is 5.92 Å². The molecule has 0 heterocycles. The van der Waals surface area contributed by atoms with Crippen molar-refractivity contribution in [3.63, 3.8) is 0 Å². The maximum atomic E-state index is 12.4. The van der Waals surface area contributed by atoms with Crippen LogP contribution in [-0.2, 0) is 11.3 Å². The van der Waals surface area contributed by atoms with Gasteiger partial charge in [-0.2, -0.15) is 0 Å². The van der Waals surface area contributed by atoms with E-state index in [-0.39, 0.29) is 41.8 Å². The summed E-state index contributed by atoms with van der Waals surface area (Å²) < 4.78 is 5.73. The minimum Gasteiger partial charge on any atom is -0.489 e. The van der Waals surface area contributed by atoms with E-state index in [2.05, 4.69) is 29.5 Å². The van der Waals surface area contributed by atoms with Crippen LogP contribution in [0.3, 0.4) is 0 Å². The van der Waals surface area contributed by atoms with Gasteiger partial charge in [0, 0.05) is 30.1 Å². The van der Waals surface area contributed by atoms with Crippen molar-refractivity contribution in [2.45, 2.75) is 64.1 Å². The number of amides is 1. The molecule has 166 valence electrons. The summed E-state index contributed by atoms with van der Waals surface area (Å²) in [5.41, 5.74) is 1.04. The molecule has 1 amide bonds. The van der Waals surface area contributed by atoms with Gasteiger partial charge < -0.3 is 20.7 Å². The Labute approximate surface area is 197 Å². The van der Waals surface area contributed by atoms with Gasteiger partial charge in [0.25, 0.3) is 0 Å². The minimum atomic E-state index is 0. The molecule has 3 rings (SSSR count). The number of halogens is 1. The van der Waals surface area contributed by atoms with E-state index in [1.54, 1.807) is 6.08 Å². The molecule has 2 atom stereocenters. The molecule has 0 bridgehead atoms. The molecule has 0 spiro atoms. The van der Waals surface area contributed by atoms with E-state index in [4.69, 9.17) is 9.73 Å². The Kier molecular flexibility index (Phi) is 10.5. The highest BCUT2D eigenvalue weighted by Crippen LogP contribution is 2.27. The van der Waals surface area contributed by atoms with Gasteiger partial charge in [-0.05, 0) is 45.1 Å². The van der Waals surface area contributed by atoms with E-state index < -0.39 is 0 Å². The van der Waals surface area contributed by atoms with Crippen LogP contribution >= 0.6 is 24.0 Å². The van der Waals surface area contributed by atoms with E-state index in [1.165, 1.54) is 0 Å². The molecule has 2 aliphatic carbocycles. The summed E-state index contributed by atoms with van der Waals surface area (Å²) in [4.78, 5) is 17.2. The number of para-hydroxylation sites is 1. The van der Waals surface area contributed by atoms with Gasteiger partial charge in [-0.15, -0.1) is 24.0 Å². The number of rotatable bonds is 9. The minimum absolute atomic E-state index is 0. The van der Waals surface area contributed by atoms with Crippen molar-refractivity contribution in [2.75, 3.05) is 13.2 Å². The average molecular weight is 526 g/mol. The molecule has 2 unspecified atom stereocenters. The SMILES string of the molecule is C=CCOc1ccccc1CN=C(NCC)NC1CCCC(C(=O)NC2CC2)C1.I. The molecule has 0 radical (unpaired) electrons. The lowest BCUT2D eigenvalue weighted by atomic mass is 9.85. The molecule has 7 heteroatoms. The van der Waals surface area contributed by atoms with Crippen LogP contribution < -0.4 is 20.7 Å². The molecule has 1 aromatic carbocycles. The first kappa shape index (κ1) is 24.5. The number of guanidine groups is 1. The van der Waals surface area contributed by atoms with Gasteiger partial charge in [0.15, 0.2) is 5.96 Å². The summed E-state index contributed by atoms with van der Waals surface area (Å²) >= 11 is 0. The molecule has 0 aliphatic heterocycles. The number of nitrogens with zero attached hydrogens (tertiary/aromatic N) is 1. The Bertz CT molecular complexity index is 721. The molecule has 6 nitrogen and oxygen atoms in total. The van der Waals surface area contributed by atoms with Gasteiger partial charge in [0.05, 0.1) is 6.54 Å². The Hall–Kier alpha value is -1.77. The Morgan fingerprint density at radius 1 is 1.20 bits per heavy atom. The number of hydrogen-bond donors (Lipinski definition) is 3. The first-order valence-corrected chi connectivity index (χ1v) is 10.9. The van der Waals surface area contributed by atoms with E-state index in [0.29, 0.717) is 19.2 Å². The summed E-state index contributed by atoms with van der Waals surface area (Å²) in [6, 6.07) is 8.64. The molecular formula is C23H35IN4O2. The molecule has 1 aromatic rings. The van der Waals surface area contributed by atoms with Gasteiger partial charge in [0.2, 0.25) is 5.91 Å². The largest absolute Gasteiger partial charge is 0.489 e. The fourth-order valence-electron chi connectivity index (χ4n) is 3.71. The van der Waals surface area contributed by atoms with Gasteiger partial charge in [0.1, 0.15) is 12.4 Å². The van der Waals surface area contributed by atoms with Crippen LogP contribution in [0.25, 0.3) is 0 Å². The summed E-state index contributed by atoms with van der Waals surface area (Å²) in [6.45, 7) is 7.56. The van der Waals surface area contributed by atoms with Crippen LogP contribution in [0.4, 0.5) is 0 Å². The third-order valence-electron chi connectivity index (χ3n) is 5.39. The number of benzene rings is 1. The van der Waals surface area contributed by atoms with E-state index in [0.717, 1.165) is 62.3 Å². The lowest BCUT2D eigenvalue weighted by Gasteiger charge is -2.30. The highest BCUT2D eigenvalue weighted by molar-refractivity contribution is 14.0. The van der Waals surface area contributed by atoms with Crippen molar-refractivity contribution < 1.29 is 9.53 Å². The van der Waals surface area contributed by atoms with Crippen LogP contribution in [0.15, 0.2) is 41.9 Å². The summed E-state index contributed by atoms with van der Waals surface area (Å²) in [5, 5.41) is 10.0. The second-order valence-electron chi connectivity index (χ2n) is 7.89. The fraction of sp³-hybridized carbons (Fsp3) is 0.565. The normalized spacial score (nSPS) is 21.2. The number of nitrogens with one attached hydrogen (secondary N) is 3. The van der Waals surface area contributed by atoms with E-state index in [1.807, 2.05) is 24.3 Å². The lowest BCUT2D eigenvalue weighted by Crippen LogP contribution is -2.47. The van der Waals surface area contributed by atoms with E-state index >= 15 is 0 Å². The zero-order valence-electron chi connectivity index (χ0n) is 17.9. The first-order valence-electron chi connectivity index (χ1n) is 10.9. The van der Waals surface area contributed by atoms with E-state index in [9.17, 15) is 4.79 Å². The number of carbonyl (C=O) groups excluding carboxylic acids is 1. The summed E-state index contributed by atoms with van der Waals surface area (Å²) in [7, 11) is 0. The third kappa shape index (κ3) is 7.81. The van der Waals surface area contributed by atoms with Gasteiger partial charge in [-0.3, -0.25) is 4.79 Å². The predicted molar refractivity (Wildman–Crippen MR) is 132 cm³/mol. The Morgan fingerprint density at radius 2 is 2.00 bits per heavy atom.